The summed E-state index contributed by atoms with van der Waals surface area (Å²) < 4.78 is 12.6. The van der Waals surface area contributed by atoms with Crippen LogP contribution < -0.4 is 4.90 Å². The fraction of sp³-hybridized carbons (Fsp3) is 0.455. The van der Waals surface area contributed by atoms with E-state index in [1.54, 1.807) is 12.1 Å². The minimum absolute atomic E-state index is 0.185. The average molecular weight is 196 g/mol. The van der Waals surface area contributed by atoms with Crippen molar-refractivity contribution in [2.24, 2.45) is 0 Å². The third-order valence-corrected chi connectivity index (χ3v) is 2.15. The number of anilines is 1. The lowest BCUT2D eigenvalue weighted by atomic mass is 10.3. The van der Waals surface area contributed by atoms with Crippen LogP contribution in [0.1, 0.15) is 0 Å². The summed E-state index contributed by atoms with van der Waals surface area (Å²) in [6.07, 6.45) is 0. The minimum Gasteiger partial charge on any atom is -0.373 e. The van der Waals surface area contributed by atoms with E-state index in [9.17, 15) is 4.39 Å². The summed E-state index contributed by atoms with van der Waals surface area (Å²) in [5, 5.41) is 0. The molecule has 0 aliphatic rings. The molecule has 2 nitrogen and oxygen atoms in total. The predicted molar refractivity (Wildman–Crippen MR) is 58.2 cm³/mol. The highest BCUT2D eigenvalue weighted by Gasteiger charge is 2.00. The van der Waals surface area contributed by atoms with Gasteiger partial charge in [0.1, 0.15) is 5.82 Å². The molecule has 0 spiro atoms. The molecule has 1 aromatic rings. The van der Waals surface area contributed by atoms with Crippen LogP contribution in [0.25, 0.3) is 0 Å². The van der Waals surface area contributed by atoms with Gasteiger partial charge < -0.3 is 9.80 Å². The standard InChI is InChI=1S/C11H17FN2/c1-13(2)8-9-14(3)11-6-4-10(12)5-7-11/h4-7H,8-9H2,1-3H3. The van der Waals surface area contributed by atoms with E-state index in [4.69, 9.17) is 0 Å². The summed E-state index contributed by atoms with van der Waals surface area (Å²) in [4.78, 5) is 4.24. The summed E-state index contributed by atoms with van der Waals surface area (Å²) in [6.45, 7) is 1.94. The van der Waals surface area contributed by atoms with E-state index < -0.39 is 0 Å². The largest absolute Gasteiger partial charge is 0.373 e. The second kappa shape index (κ2) is 4.96. The van der Waals surface area contributed by atoms with Gasteiger partial charge >= 0.3 is 0 Å². The number of hydrogen-bond donors (Lipinski definition) is 0. The molecule has 0 radical (unpaired) electrons. The third-order valence-electron chi connectivity index (χ3n) is 2.15. The van der Waals surface area contributed by atoms with Crippen molar-refractivity contribution in [1.29, 1.82) is 0 Å². The van der Waals surface area contributed by atoms with Gasteiger partial charge in [0.25, 0.3) is 0 Å². The number of halogens is 1. The van der Waals surface area contributed by atoms with Gasteiger partial charge in [-0.15, -0.1) is 0 Å². The van der Waals surface area contributed by atoms with Crippen LogP contribution in [0, 0.1) is 5.82 Å². The van der Waals surface area contributed by atoms with E-state index in [0.29, 0.717) is 0 Å². The summed E-state index contributed by atoms with van der Waals surface area (Å²) in [6, 6.07) is 6.57. The summed E-state index contributed by atoms with van der Waals surface area (Å²) in [5.41, 5.74) is 1.05. The van der Waals surface area contributed by atoms with Crippen molar-refractivity contribution in [3.8, 4) is 0 Å². The molecule has 0 aromatic heterocycles. The van der Waals surface area contributed by atoms with Crippen LogP contribution in [0.2, 0.25) is 0 Å². The minimum atomic E-state index is -0.185. The van der Waals surface area contributed by atoms with E-state index in [0.717, 1.165) is 18.8 Å². The number of nitrogens with zero attached hydrogens (tertiary/aromatic N) is 2. The molecule has 1 aromatic carbocycles. The summed E-state index contributed by atoms with van der Waals surface area (Å²) in [5.74, 6) is -0.185. The Hall–Kier alpha value is -1.09. The van der Waals surface area contributed by atoms with Crippen molar-refractivity contribution in [1.82, 2.24) is 4.90 Å². The summed E-state index contributed by atoms with van der Waals surface area (Å²) >= 11 is 0. The molecule has 0 atom stereocenters. The van der Waals surface area contributed by atoms with Crippen LogP contribution in [0.5, 0.6) is 0 Å². The normalized spacial score (nSPS) is 10.6. The smallest absolute Gasteiger partial charge is 0.123 e. The van der Waals surface area contributed by atoms with Crippen LogP contribution in [0.3, 0.4) is 0 Å². The first-order valence-corrected chi connectivity index (χ1v) is 4.71. The Bertz CT molecular complexity index is 269. The molecule has 0 bridgehead atoms. The van der Waals surface area contributed by atoms with Gasteiger partial charge in [-0.05, 0) is 38.4 Å². The lowest BCUT2D eigenvalue weighted by Gasteiger charge is -2.21. The molecule has 1 rings (SSSR count). The van der Waals surface area contributed by atoms with Crippen molar-refractivity contribution >= 4 is 5.69 Å². The van der Waals surface area contributed by atoms with Gasteiger partial charge in [-0.2, -0.15) is 0 Å². The van der Waals surface area contributed by atoms with Gasteiger partial charge in [-0.1, -0.05) is 0 Å². The van der Waals surface area contributed by atoms with Gasteiger partial charge in [0.05, 0.1) is 0 Å². The van der Waals surface area contributed by atoms with E-state index in [1.165, 1.54) is 12.1 Å². The number of benzene rings is 1. The van der Waals surface area contributed by atoms with E-state index in [1.807, 2.05) is 21.1 Å². The quantitative estimate of drug-likeness (QED) is 0.725. The zero-order chi connectivity index (χ0) is 10.6. The Morgan fingerprint density at radius 2 is 1.57 bits per heavy atom. The Morgan fingerprint density at radius 1 is 1.00 bits per heavy atom. The van der Waals surface area contributed by atoms with E-state index in [-0.39, 0.29) is 5.82 Å². The van der Waals surface area contributed by atoms with Crippen molar-refractivity contribution in [2.75, 3.05) is 39.1 Å². The van der Waals surface area contributed by atoms with Crippen molar-refractivity contribution in [3.63, 3.8) is 0 Å². The maximum absolute atomic E-state index is 12.6. The Morgan fingerprint density at radius 3 is 2.07 bits per heavy atom. The monoisotopic (exact) mass is 196 g/mol. The summed E-state index contributed by atoms with van der Waals surface area (Å²) in [7, 11) is 6.09. The molecular weight excluding hydrogens is 179 g/mol. The molecule has 78 valence electrons. The maximum Gasteiger partial charge on any atom is 0.123 e. The third kappa shape index (κ3) is 3.34. The fourth-order valence-electron chi connectivity index (χ4n) is 1.17. The highest BCUT2D eigenvalue weighted by atomic mass is 19.1. The van der Waals surface area contributed by atoms with Crippen LogP contribution in [0.4, 0.5) is 10.1 Å². The molecule has 0 fully saturated rings. The first-order valence-electron chi connectivity index (χ1n) is 4.71. The number of rotatable bonds is 4. The topological polar surface area (TPSA) is 6.48 Å². The lowest BCUT2D eigenvalue weighted by Crippen LogP contribution is -2.28. The maximum atomic E-state index is 12.6. The molecule has 0 aliphatic carbocycles. The first-order chi connectivity index (χ1) is 6.59. The zero-order valence-electron chi connectivity index (χ0n) is 9.00. The molecule has 0 unspecified atom stereocenters. The highest BCUT2D eigenvalue weighted by molar-refractivity contribution is 5.45. The second-order valence-corrected chi connectivity index (χ2v) is 3.70. The Balaban J connectivity index is 2.52. The van der Waals surface area contributed by atoms with Gasteiger partial charge in [-0.25, -0.2) is 4.39 Å². The highest BCUT2D eigenvalue weighted by Crippen LogP contribution is 2.12. The van der Waals surface area contributed by atoms with Crippen LogP contribution >= 0.6 is 0 Å². The average Bonchev–Trinajstić information content (AvgIpc) is 2.15. The van der Waals surface area contributed by atoms with Gasteiger partial charge in [0, 0.05) is 25.8 Å². The SMILES string of the molecule is CN(C)CCN(C)c1ccc(F)cc1. The Labute approximate surface area is 84.9 Å². The molecule has 3 heteroatoms. The van der Waals surface area contributed by atoms with Crippen LogP contribution in [0.15, 0.2) is 24.3 Å². The van der Waals surface area contributed by atoms with E-state index in [2.05, 4.69) is 9.80 Å². The molecule has 0 heterocycles. The number of likely N-dealkylation sites (N-methyl/N-ethyl adjacent to an activating group) is 2. The van der Waals surface area contributed by atoms with E-state index >= 15 is 0 Å². The molecule has 0 amide bonds. The zero-order valence-corrected chi connectivity index (χ0v) is 9.00. The molecule has 0 aliphatic heterocycles. The Kier molecular flexibility index (Phi) is 3.89. The fourth-order valence-corrected chi connectivity index (χ4v) is 1.17. The number of hydrogen-bond acceptors (Lipinski definition) is 2. The van der Waals surface area contributed by atoms with Crippen LogP contribution in [-0.4, -0.2) is 39.1 Å². The van der Waals surface area contributed by atoms with Gasteiger partial charge in [0.2, 0.25) is 0 Å². The lowest BCUT2D eigenvalue weighted by molar-refractivity contribution is 0.416. The molecule has 0 N–H and O–H groups in total. The molecule has 0 saturated heterocycles. The van der Waals surface area contributed by atoms with Crippen molar-refractivity contribution < 1.29 is 4.39 Å². The van der Waals surface area contributed by atoms with Crippen LogP contribution in [-0.2, 0) is 0 Å². The van der Waals surface area contributed by atoms with Gasteiger partial charge in [0.15, 0.2) is 0 Å². The first kappa shape index (κ1) is 11.0. The predicted octanol–water partition coefficient (Wildman–Crippen LogP) is 1.82. The second-order valence-electron chi connectivity index (χ2n) is 3.70. The molecule has 14 heavy (non-hydrogen) atoms. The van der Waals surface area contributed by atoms with Gasteiger partial charge in [-0.3, -0.25) is 0 Å². The van der Waals surface area contributed by atoms with Crippen molar-refractivity contribution in [3.05, 3.63) is 30.1 Å². The molecule has 0 saturated carbocycles. The molecular formula is C11H17FN2. The van der Waals surface area contributed by atoms with Crippen molar-refractivity contribution in [2.45, 2.75) is 0 Å².